The highest BCUT2D eigenvalue weighted by Crippen LogP contribution is 2.28. The lowest BCUT2D eigenvalue weighted by molar-refractivity contribution is 0.225. The van der Waals surface area contributed by atoms with Gasteiger partial charge in [0.1, 0.15) is 0 Å². The van der Waals surface area contributed by atoms with Crippen molar-refractivity contribution in [2.24, 2.45) is 4.99 Å². The van der Waals surface area contributed by atoms with Crippen molar-refractivity contribution in [2.75, 3.05) is 46.9 Å². The second-order valence-corrected chi connectivity index (χ2v) is 7.03. The van der Waals surface area contributed by atoms with Crippen LogP contribution in [0.15, 0.2) is 35.8 Å². The fourth-order valence-electron chi connectivity index (χ4n) is 3.47. The molecule has 0 aromatic heterocycles. The summed E-state index contributed by atoms with van der Waals surface area (Å²) >= 11 is 0. The lowest BCUT2D eigenvalue weighted by Crippen LogP contribution is -2.48. The Labute approximate surface area is 193 Å². The summed E-state index contributed by atoms with van der Waals surface area (Å²) in [5, 5.41) is 7.00. The number of halogens is 1. The van der Waals surface area contributed by atoms with E-state index in [-0.39, 0.29) is 24.0 Å². The number of aliphatic imine (C=N–C) groups is 1. The van der Waals surface area contributed by atoms with Gasteiger partial charge in [0.05, 0.1) is 13.7 Å². The van der Waals surface area contributed by atoms with Crippen LogP contribution in [0.25, 0.3) is 0 Å². The Morgan fingerprint density at radius 1 is 1.31 bits per heavy atom. The third-order valence-corrected chi connectivity index (χ3v) is 5.00. The van der Waals surface area contributed by atoms with E-state index in [1.165, 1.54) is 5.56 Å². The van der Waals surface area contributed by atoms with Crippen LogP contribution in [0.4, 0.5) is 0 Å². The number of aryl methyl sites for hydroxylation is 1. The van der Waals surface area contributed by atoms with Gasteiger partial charge in [-0.2, -0.15) is 0 Å². The predicted octanol–water partition coefficient (Wildman–Crippen LogP) is 3.46. The van der Waals surface area contributed by atoms with Gasteiger partial charge in [0.25, 0.3) is 0 Å². The first kappa shape index (κ1) is 25.6. The number of hydrogen-bond donors (Lipinski definition) is 2. The van der Waals surface area contributed by atoms with Crippen molar-refractivity contribution in [1.29, 1.82) is 0 Å². The average molecular weight is 516 g/mol. The van der Waals surface area contributed by atoms with E-state index in [0.29, 0.717) is 12.6 Å². The minimum absolute atomic E-state index is 0. The fraction of sp³-hybridized carbons (Fsp3) is 0.591. The summed E-state index contributed by atoms with van der Waals surface area (Å²) in [5.74, 6) is 2.50. The molecule has 0 bridgehead atoms. The number of nitrogens with one attached hydrogen (secondary N) is 2. The lowest BCUT2D eigenvalue weighted by Gasteiger charge is -2.32. The third-order valence-electron chi connectivity index (χ3n) is 5.00. The number of ether oxygens (including phenoxy) is 2. The lowest BCUT2D eigenvalue weighted by atomic mass is 10.1. The first-order valence-electron chi connectivity index (χ1n) is 10.3. The summed E-state index contributed by atoms with van der Waals surface area (Å²) in [7, 11) is 3.50. The average Bonchev–Trinajstić information content (AvgIpc) is 2.72. The first-order chi connectivity index (χ1) is 13.7. The van der Waals surface area contributed by atoms with Gasteiger partial charge in [0.2, 0.25) is 0 Å². The molecule has 6 nitrogen and oxygen atoms in total. The molecule has 0 spiro atoms. The minimum Gasteiger partial charge on any atom is -0.493 e. The Morgan fingerprint density at radius 3 is 2.69 bits per heavy atom. The Hall–Kier alpha value is -1.48. The van der Waals surface area contributed by atoms with Crippen LogP contribution in [0.3, 0.4) is 0 Å². The molecule has 2 rings (SSSR count). The number of likely N-dealkylation sites (tertiary alicyclic amines) is 1. The number of methoxy groups -OCH3 is 1. The van der Waals surface area contributed by atoms with Crippen LogP contribution < -0.4 is 20.1 Å². The Kier molecular flexibility index (Phi) is 12.8. The molecule has 2 N–H and O–H groups in total. The van der Waals surface area contributed by atoms with Crippen molar-refractivity contribution in [2.45, 2.75) is 38.6 Å². The van der Waals surface area contributed by atoms with Gasteiger partial charge in [0.15, 0.2) is 17.5 Å². The second kappa shape index (κ2) is 14.5. The molecular weight excluding hydrogens is 479 g/mol. The Bertz CT molecular complexity index is 631. The minimum atomic E-state index is 0. The second-order valence-electron chi connectivity index (χ2n) is 7.03. The van der Waals surface area contributed by atoms with Crippen LogP contribution >= 0.6 is 24.0 Å². The number of nitrogens with zero attached hydrogens (tertiary/aromatic N) is 2. The summed E-state index contributed by atoms with van der Waals surface area (Å²) < 4.78 is 11.0. The zero-order valence-corrected chi connectivity index (χ0v) is 20.4. The molecule has 1 saturated heterocycles. The molecule has 1 aromatic rings. The molecule has 0 aliphatic carbocycles. The maximum absolute atomic E-state index is 5.66. The topological polar surface area (TPSA) is 58.1 Å². The van der Waals surface area contributed by atoms with Crippen molar-refractivity contribution >= 4 is 29.9 Å². The monoisotopic (exact) mass is 516 g/mol. The summed E-state index contributed by atoms with van der Waals surface area (Å²) in [4.78, 5) is 6.81. The number of rotatable bonds is 10. The van der Waals surface area contributed by atoms with Crippen LogP contribution in [0.2, 0.25) is 0 Å². The normalized spacial score (nSPS) is 15.3. The van der Waals surface area contributed by atoms with Crippen molar-refractivity contribution < 1.29 is 9.47 Å². The van der Waals surface area contributed by atoms with Gasteiger partial charge >= 0.3 is 0 Å². The SMILES string of the molecule is C=CCN1CCC(NC(=NC)NCCCc2ccc(OC)c(OCC)c2)CC1.I. The molecular formula is C22H37IN4O2. The van der Waals surface area contributed by atoms with E-state index >= 15 is 0 Å². The highest BCUT2D eigenvalue weighted by atomic mass is 127. The van der Waals surface area contributed by atoms with E-state index in [9.17, 15) is 0 Å². The molecule has 29 heavy (non-hydrogen) atoms. The van der Waals surface area contributed by atoms with E-state index in [4.69, 9.17) is 9.47 Å². The quantitative estimate of drug-likeness (QED) is 0.164. The first-order valence-corrected chi connectivity index (χ1v) is 10.3. The zero-order valence-electron chi connectivity index (χ0n) is 18.1. The standard InChI is InChI=1S/C22H36N4O2.HI/c1-5-14-26-15-11-19(12-16-26)25-22(23-3)24-13-7-8-18-9-10-20(27-4)21(17-18)28-6-2;/h5,9-10,17,19H,1,6-8,11-16H2,2-4H3,(H2,23,24,25);1H. The molecule has 1 aromatic carbocycles. The maximum Gasteiger partial charge on any atom is 0.191 e. The largest absolute Gasteiger partial charge is 0.493 e. The molecule has 0 unspecified atom stereocenters. The van der Waals surface area contributed by atoms with E-state index in [2.05, 4.69) is 39.2 Å². The van der Waals surface area contributed by atoms with Crippen molar-refractivity contribution in [3.8, 4) is 11.5 Å². The smallest absolute Gasteiger partial charge is 0.191 e. The third kappa shape index (κ3) is 8.82. The summed E-state index contributed by atoms with van der Waals surface area (Å²) in [6.45, 7) is 10.5. The van der Waals surface area contributed by atoms with Crippen LogP contribution in [-0.4, -0.2) is 63.8 Å². The molecule has 0 amide bonds. The number of piperidine rings is 1. The Morgan fingerprint density at radius 2 is 2.07 bits per heavy atom. The molecule has 7 heteroatoms. The fourth-order valence-corrected chi connectivity index (χ4v) is 3.47. The molecule has 1 aliphatic rings. The molecule has 1 aliphatic heterocycles. The van der Waals surface area contributed by atoms with Gasteiger partial charge in [0, 0.05) is 39.3 Å². The van der Waals surface area contributed by atoms with E-state index in [0.717, 1.165) is 69.3 Å². The van der Waals surface area contributed by atoms with Gasteiger partial charge in [-0.25, -0.2) is 0 Å². The molecule has 164 valence electrons. The summed E-state index contributed by atoms with van der Waals surface area (Å²) in [6, 6.07) is 6.65. The predicted molar refractivity (Wildman–Crippen MR) is 132 cm³/mol. The molecule has 0 radical (unpaired) electrons. The van der Waals surface area contributed by atoms with Gasteiger partial charge in [-0.1, -0.05) is 12.1 Å². The van der Waals surface area contributed by atoms with E-state index in [1.807, 2.05) is 26.1 Å². The van der Waals surface area contributed by atoms with Crippen LogP contribution in [-0.2, 0) is 6.42 Å². The molecule has 1 fully saturated rings. The van der Waals surface area contributed by atoms with Gasteiger partial charge < -0.3 is 20.1 Å². The number of guanidine groups is 1. The molecule has 0 atom stereocenters. The van der Waals surface area contributed by atoms with Crippen LogP contribution in [0, 0.1) is 0 Å². The zero-order chi connectivity index (χ0) is 20.2. The van der Waals surface area contributed by atoms with E-state index in [1.54, 1.807) is 7.11 Å². The maximum atomic E-state index is 5.66. The summed E-state index contributed by atoms with van der Waals surface area (Å²) in [6.07, 6.45) is 6.26. The van der Waals surface area contributed by atoms with Crippen molar-refractivity contribution in [3.63, 3.8) is 0 Å². The van der Waals surface area contributed by atoms with Gasteiger partial charge in [-0.3, -0.25) is 9.89 Å². The van der Waals surface area contributed by atoms with Crippen molar-refractivity contribution in [3.05, 3.63) is 36.4 Å². The molecule has 0 saturated carbocycles. The van der Waals surface area contributed by atoms with E-state index < -0.39 is 0 Å². The number of benzene rings is 1. The molecule has 1 heterocycles. The highest BCUT2D eigenvalue weighted by molar-refractivity contribution is 14.0. The number of hydrogen-bond acceptors (Lipinski definition) is 4. The van der Waals surface area contributed by atoms with Gasteiger partial charge in [-0.15, -0.1) is 30.6 Å². The van der Waals surface area contributed by atoms with Crippen LogP contribution in [0.5, 0.6) is 11.5 Å². The van der Waals surface area contributed by atoms with Gasteiger partial charge in [-0.05, 0) is 50.3 Å². The summed E-state index contributed by atoms with van der Waals surface area (Å²) in [5.41, 5.74) is 1.25. The Balaban J connectivity index is 0.00000420. The van der Waals surface area contributed by atoms with Crippen LogP contribution in [0.1, 0.15) is 31.7 Å². The van der Waals surface area contributed by atoms with Crippen molar-refractivity contribution in [1.82, 2.24) is 15.5 Å². The highest BCUT2D eigenvalue weighted by Gasteiger charge is 2.18.